The molecule has 2 nitrogen and oxygen atoms in total. The molecule has 0 saturated heterocycles. The molecule has 0 saturated carbocycles. The molecule has 0 atom stereocenters. The number of hydrogen-bond acceptors (Lipinski definition) is 2. The number of ether oxygens (including phenoxy) is 1. The van der Waals surface area contributed by atoms with Crippen LogP contribution in [-0.4, -0.2) is 11.8 Å². The highest BCUT2D eigenvalue weighted by atomic mass is 35.5. The van der Waals surface area contributed by atoms with E-state index in [0.717, 1.165) is 18.4 Å². The molecule has 3 heteroatoms. The minimum atomic E-state index is -0.467. The van der Waals surface area contributed by atoms with Gasteiger partial charge in [-0.05, 0) is 37.1 Å². The summed E-state index contributed by atoms with van der Waals surface area (Å²) < 4.78 is 5.49. The molecule has 0 aromatic heterocycles. The fourth-order valence-electron chi connectivity index (χ4n) is 1.25. The molecule has 1 aromatic rings. The van der Waals surface area contributed by atoms with Crippen molar-refractivity contribution in [2.75, 3.05) is 6.61 Å². The number of hydrogen-bond donors (Lipinski definition) is 0. The van der Waals surface area contributed by atoms with Crippen molar-refractivity contribution < 1.29 is 9.53 Å². The van der Waals surface area contributed by atoms with E-state index in [0.29, 0.717) is 17.9 Å². The van der Waals surface area contributed by atoms with Crippen LogP contribution in [0.15, 0.2) is 18.2 Å². The van der Waals surface area contributed by atoms with E-state index in [1.807, 2.05) is 13.0 Å². The smallest absolute Gasteiger partial charge is 0.256 e. The highest BCUT2D eigenvalue weighted by Crippen LogP contribution is 2.22. The van der Waals surface area contributed by atoms with Crippen LogP contribution in [0.5, 0.6) is 5.75 Å². The molecule has 1 rings (SSSR count). The molecule has 0 aliphatic carbocycles. The van der Waals surface area contributed by atoms with E-state index in [9.17, 15) is 4.79 Å². The number of carbonyl (C=O) groups is 1. The first kappa shape index (κ1) is 12.1. The number of carbonyl (C=O) groups excluding carboxylic acids is 1. The first-order valence-electron chi connectivity index (χ1n) is 5.08. The van der Waals surface area contributed by atoms with Crippen LogP contribution >= 0.6 is 11.6 Å². The molecule has 0 N–H and O–H groups in total. The third-order valence-corrected chi connectivity index (χ3v) is 2.31. The van der Waals surface area contributed by atoms with Gasteiger partial charge in [0.1, 0.15) is 5.75 Å². The van der Waals surface area contributed by atoms with E-state index >= 15 is 0 Å². The summed E-state index contributed by atoms with van der Waals surface area (Å²) in [5.41, 5.74) is 1.45. The molecule has 0 radical (unpaired) electrons. The van der Waals surface area contributed by atoms with Gasteiger partial charge in [-0.3, -0.25) is 4.79 Å². The van der Waals surface area contributed by atoms with Gasteiger partial charge in [-0.25, -0.2) is 0 Å². The van der Waals surface area contributed by atoms with Crippen LogP contribution in [0.25, 0.3) is 0 Å². The molecule has 15 heavy (non-hydrogen) atoms. The molecule has 0 spiro atoms. The predicted octanol–water partition coefficient (Wildman–Crippen LogP) is 3.55. The average molecular weight is 227 g/mol. The number of halogens is 1. The Hall–Kier alpha value is -1.02. The van der Waals surface area contributed by atoms with Gasteiger partial charge in [0, 0.05) is 0 Å². The summed E-state index contributed by atoms with van der Waals surface area (Å²) in [5, 5.41) is -0.467. The lowest BCUT2D eigenvalue weighted by atomic mass is 10.1. The number of unbranched alkanes of at least 4 members (excludes halogenated alkanes) is 1. The van der Waals surface area contributed by atoms with Gasteiger partial charge in [0.05, 0.1) is 12.2 Å². The third-order valence-electron chi connectivity index (χ3n) is 2.10. The van der Waals surface area contributed by atoms with Gasteiger partial charge in [-0.2, -0.15) is 0 Å². The zero-order chi connectivity index (χ0) is 11.3. The number of benzene rings is 1. The minimum Gasteiger partial charge on any atom is -0.493 e. The molecular formula is C12H15ClO2. The standard InChI is InChI=1S/C12H15ClO2/c1-3-4-7-15-11-6-5-9(2)8-10(11)12(13)14/h5-6,8H,3-4,7H2,1-2H3. The van der Waals surface area contributed by atoms with Crippen molar-refractivity contribution in [2.45, 2.75) is 26.7 Å². The molecule has 0 unspecified atom stereocenters. The Morgan fingerprint density at radius 3 is 2.80 bits per heavy atom. The number of aryl methyl sites for hydroxylation is 1. The highest BCUT2D eigenvalue weighted by molar-refractivity contribution is 6.68. The van der Waals surface area contributed by atoms with Gasteiger partial charge < -0.3 is 4.74 Å². The van der Waals surface area contributed by atoms with E-state index in [1.54, 1.807) is 12.1 Å². The van der Waals surface area contributed by atoms with Crippen molar-refractivity contribution >= 4 is 16.8 Å². The van der Waals surface area contributed by atoms with Gasteiger partial charge >= 0.3 is 0 Å². The second-order valence-electron chi connectivity index (χ2n) is 3.48. The summed E-state index contributed by atoms with van der Waals surface area (Å²) in [5.74, 6) is 0.578. The molecule has 0 bridgehead atoms. The predicted molar refractivity (Wildman–Crippen MR) is 61.8 cm³/mol. The third kappa shape index (κ3) is 3.56. The lowest BCUT2D eigenvalue weighted by Gasteiger charge is -2.09. The summed E-state index contributed by atoms with van der Waals surface area (Å²) >= 11 is 5.47. The molecule has 0 amide bonds. The zero-order valence-corrected chi connectivity index (χ0v) is 9.80. The minimum absolute atomic E-state index is 0.452. The SMILES string of the molecule is CCCCOc1ccc(C)cc1C(=O)Cl. The van der Waals surface area contributed by atoms with Crippen molar-refractivity contribution in [3.8, 4) is 5.75 Å². The summed E-state index contributed by atoms with van der Waals surface area (Å²) in [6, 6.07) is 5.45. The Labute approximate surface area is 95.2 Å². The maximum atomic E-state index is 11.1. The molecular weight excluding hydrogens is 212 g/mol. The van der Waals surface area contributed by atoms with Crippen LogP contribution < -0.4 is 4.74 Å². The molecule has 0 fully saturated rings. The highest BCUT2D eigenvalue weighted by Gasteiger charge is 2.09. The Morgan fingerprint density at radius 2 is 2.20 bits per heavy atom. The molecule has 82 valence electrons. The van der Waals surface area contributed by atoms with Crippen molar-refractivity contribution in [3.63, 3.8) is 0 Å². The second-order valence-corrected chi connectivity index (χ2v) is 3.82. The van der Waals surface area contributed by atoms with Gasteiger partial charge in [0.2, 0.25) is 0 Å². The summed E-state index contributed by atoms with van der Waals surface area (Å²) in [7, 11) is 0. The quantitative estimate of drug-likeness (QED) is 0.567. The van der Waals surface area contributed by atoms with E-state index < -0.39 is 5.24 Å². The largest absolute Gasteiger partial charge is 0.493 e. The second kappa shape index (κ2) is 5.76. The zero-order valence-electron chi connectivity index (χ0n) is 9.05. The van der Waals surface area contributed by atoms with Gasteiger partial charge in [-0.15, -0.1) is 0 Å². The Kier molecular flexibility index (Phi) is 4.63. The maximum absolute atomic E-state index is 11.1. The lowest BCUT2D eigenvalue weighted by Crippen LogP contribution is -2.01. The fraction of sp³-hybridized carbons (Fsp3) is 0.417. The Bertz CT molecular complexity index is 347. The van der Waals surface area contributed by atoms with Crippen molar-refractivity contribution in [1.29, 1.82) is 0 Å². The van der Waals surface area contributed by atoms with Crippen LogP contribution in [0.2, 0.25) is 0 Å². The van der Waals surface area contributed by atoms with Crippen molar-refractivity contribution in [2.24, 2.45) is 0 Å². The van der Waals surface area contributed by atoms with E-state index in [2.05, 4.69) is 6.92 Å². The van der Waals surface area contributed by atoms with Crippen molar-refractivity contribution in [3.05, 3.63) is 29.3 Å². The monoisotopic (exact) mass is 226 g/mol. The first-order chi connectivity index (χ1) is 7.15. The number of rotatable bonds is 5. The Morgan fingerprint density at radius 1 is 1.47 bits per heavy atom. The van der Waals surface area contributed by atoms with Crippen LogP contribution in [0.4, 0.5) is 0 Å². The summed E-state index contributed by atoms with van der Waals surface area (Å²) in [6.07, 6.45) is 2.04. The van der Waals surface area contributed by atoms with Crippen LogP contribution in [0.1, 0.15) is 35.7 Å². The lowest BCUT2D eigenvalue weighted by molar-refractivity contribution is 0.107. The van der Waals surface area contributed by atoms with E-state index in [-0.39, 0.29) is 0 Å². The van der Waals surface area contributed by atoms with Crippen LogP contribution in [-0.2, 0) is 0 Å². The maximum Gasteiger partial charge on any atom is 0.256 e. The van der Waals surface area contributed by atoms with Gasteiger partial charge in [0.15, 0.2) is 0 Å². The van der Waals surface area contributed by atoms with Crippen LogP contribution in [0.3, 0.4) is 0 Å². The van der Waals surface area contributed by atoms with Crippen LogP contribution in [0, 0.1) is 6.92 Å². The summed E-state index contributed by atoms with van der Waals surface area (Å²) in [6.45, 7) is 4.63. The first-order valence-corrected chi connectivity index (χ1v) is 5.46. The summed E-state index contributed by atoms with van der Waals surface area (Å²) in [4.78, 5) is 11.1. The normalized spacial score (nSPS) is 10.1. The van der Waals surface area contributed by atoms with Gasteiger partial charge in [-0.1, -0.05) is 25.0 Å². The molecule has 1 aromatic carbocycles. The molecule has 0 aliphatic rings. The average Bonchev–Trinajstić information content (AvgIpc) is 2.20. The molecule has 0 aliphatic heterocycles. The van der Waals surface area contributed by atoms with E-state index in [4.69, 9.17) is 16.3 Å². The topological polar surface area (TPSA) is 26.3 Å². The molecule has 0 heterocycles. The van der Waals surface area contributed by atoms with Gasteiger partial charge in [0.25, 0.3) is 5.24 Å². The fourth-order valence-corrected chi connectivity index (χ4v) is 1.40. The van der Waals surface area contributed by atoms with Crippen molar-refractivity contribution in [1.82, 2.24) is 0 Å². The van der Waals surface area contributed by atoms with E-state index in [1.165, 1.54) is 0 Å². The Balaban J connectivity index is 2.81.